The molecule has 1 aromatic heterocycles. The zero-order valence-corrected chi connectivity index (χ0v) is 18.1. The monoisotopic (exact) mass is 461 g/mol. The van der Waals surface area contributed by atoms with Gasteiger partial charge in [-0.05, 0) is 52.1 Å². The van der Waals surface area contributed by atoms with E-state index in [1.54, 1.807) is 0 Å². The van der Waals surface area contributed by atoms with E-state index in [9.17, 15) is 0 Å². The maximum Gasteiger partial charge on any atom is 0.194 e. The van der Waals surface area contributed by atoms with Crippen LogP contribution in [0.1, 0.15) is 37.8 Å². The first-order valence-corrected chi connectivity index (χ1v) is 9.28. The highest BCUT2D eigenvalue weighted by Gasteiger charge is 2.27. The molecule has 0 radical (unpaired) electrons. The quantitative estimate of drug-likeness (QED) is 0.411. The van der Waals surface area contributed by atoms with Crippen LogP contribution in [-0.2, 0) is 13.6 Å². The van der Waals surface area contributed by atoms with Crippen molar-refractivity contribution in [1.82, 2.24) is 29.9 Å². The van der Waals surface area contributed by atoms with Crippen molar-refractivity contribution in [2.24, 2.45) is 18.0 Å². The highest BCUT2D eigenvalue weighted by Crippen LogP contribution is 2.20. The molecule has 2 aliphatic heterocycles. The van der Waals surface area contributed by atoms with Crippen LogP contribution in [0.15, 0.2) is 4.99 Å². The topological polar surface area (TPSA) is 61.6 Å². The van der Waals surface area contributed by atoms with Gasteiger partial charge >= 0.3 is 0 Å². The normalized spacial score (nSPS) is 21.6. The minimum atomic E-state index is 0. The van der Waals surface area contributed by atoms with Gasteiger partial charge in [-0.3, -0.25) is 0 Å². The molecule has 8 heteroatoms. The standard InChI is InChI=1S/C17H31N7.HI/c1-4-18-17(19-11-16-21-20-14(2)22(16)3)24-10-7-15(13-24)12-23-8-5-6-9-23;/h15H,4-13H2,1-3H3,(H,18,19);1H. The third-order valence-electron chi connectivity index (χ3n) is 5.19. The fourth-order valence-corrected chi connectivity index (χ4v) is 3.66. The molecule has 0 aliphatic carbocycles. The largest absolute Gasteiger partial charge is 0.357 e. The van der Waals surface area contributed by atoms with E-state index in [4.69, 9.17) is 4.99 Å². The van der Waals surface area contributed by atoms with Crippen molar-refractivity contribution < 1.29 is 0 Å². The molecule has 0 spiro atoms. The van der Waals surface area contributed by atoms with Crippen LogP contribution in [0.2, 0.25) is 0 Å². The first kappa shape index (κ1) is 20.4. The van der Waals surface area contributed by atoms with Gasteiger partial charge in [0, 0.05) is 33.2 Å². The van der Waals surface area contributed by atoms with Crippen LogP contribution in [-0.4, -0.2) is 69.8 Å². The van der Waals surface area contributed by atoms with Gasteiger partial charge in [0.25, 0.3) is 0 Å². The Balaban J connectivity index is 0.00000225. The summed E-state index contributed by atoms with van der Waals surface area (Å²) in [6.07, 6.45) is 4.01. The lowest BCUT2D eigenvalue weighted by Gasteiger charge is -2.23. The van der Waals surface area contributed by atoms with Crippen molar-refractivity contribution in [3.05, 3.63) is 11.6 Å². The van der Waals surface area contributed by atoms with Gasteiger partial charge in [-0.1, -0.05) is 0 Å². The number of aliphatic imine (C=N–C) groups is 1. The van der Waals surface area contributed by atoms with Crippen molar-refractivity contribution in [2.45, 2.75) is 39.7 Å². The molecule has 3 rings (SSSR count). The van der Waals surface area contributed by atoms with Crippen LogP contribution in [0.25, 0.3) is 0 Å². The lowest BCUT2D eigenvalue weighted by Crippen LogP contribution is -2.40. The second-order valence-corrected chi connectivity index (χ2v) is 7.00. The van der Waals surface area contributed by atoms with Crippen molar-refractivity contribution >= 4 is 29.9 Å². The molecule has 3 heterocycles. The highest BCUT2D eigenvalue weighted by molar-refractivity contribution is 14.0. The molecule has 0 amide bonds. The Morgan fingerprint density at radius 3 is 2.64 bits per heavy atom. The first-order valence-electron chi connectivity index (χ1n) is 9.28. The van der Waals surface area contributed by atoms with Gasteiger partial charge in [0.05, 0.1) is 0 Å². The number of halogens is 1. The van der Waals surface area contributed by atoms with Gasteiger partial charge in [0.15, 0.2) is 11.8 Å². The smallest absolute Gasteiger partial charge is 0.194 e. The fraction of sp³-hybridized carbons (Fsp3) is 0.824. The summed E-state index contributed by atoms with van der Waals surface area (Å²) in [6, 6.07) is 0. The molecule has 2 saturated heterocycles. The molecule has 1 unspecified atom stereocenters. The number of rotatable bonds is 5. The summed E-state index contributed by atoms with van der Waals surface area (Å²) >= 11 is 0. The zero-order valence-electron chi connectivity index (χ0n) is 15.7. The van der Waals surface area contributed by atoms with E-state index in [0.717, 1.165) is 43.2 Å². The number of guanidine groups is 1. The molecule has 2 aliphatic rings. The third kappa shape index (κ3) is 5.29. The number of likely N-dealkylation sites (tertiary alicyclic amines) is 2. The van der Waals surface area contributed by atoms with E-state index in [1.165, 1.54) is 38.9 Å². The van der Waals surface area contributed by atoms with Gasteiger partial charge in [-0.25, -0.2) is 4.99 Å². The molecule has 7 nitrogen and oxygen atoms in total. The summed E-state index contributed by atoms with van der Waals surface area (Å²) in [5, 5.41) is 11.8. The van der Waals surface area contributed by atoms with E-state index in [-0.39, 0.29) is 24.0 Å². The molecule has 1 N–H and O–H groups in total. The Morgan fingerprint density at radius 2 is 2.00 bits per heavy atom. The lowest BCUT2D eigenvalue weighted by atomic mass is 10.1. The van der Waals surface area contributed by atoms with Gasteiger partial charge in [0.1, 0.15) is 12.4 Å². The average Bonchev–Trinajstić information content (AvgIpc) is 3.30. The Morgan fingerprint density at radius 1 is 1.24 bits per heavy atom. The molecular formula is C17H32IN7. The van der Waals surface area contributed by atoms with Crippen LogP contribution in [0.5, 0.6) is 0 Å². The number of hydrogen-bond donors (Lipinski definition) is 1. The number of nitrogens with one attached hydrogen (secondary N) is 1. The van der Waals surface area contributed by atoms with Gasteiger partial charge in [0.2, 0.25) is 0 Å². The summed E-state index contributed by atoms with van der Waals surface area (Å²) < 4.78 is 2.01. The van der Waals surface area contributed by atoms with Crippen molar-refractivity contribution in [2.75, 3.05) is 39.3 Å². The van der Waals surface area contributed by atoms with Crippen molar-refractivity contribution in [3.63, 3.8) is 0 Å². The molecule has 0 aromatic carbocycles. The predicted molar refractivity (Wildman–Crippen MR) is 111 cm³/mol. The molecule has 2 fully saturated rings. The van der Waals surface area contributed by atoms with Gasteiger partial charge in [-0.15, -0.1) is 34.2 Å². The molecular weight excluding hydrogens is 429 g/mol. The van der Waals surface area contributed by atoms with E-state index in [1.807, 2.05) is 18.5 Å². The van der Waals surface area contributed by atoms with Crippen molar-refractivity contribution in [1.29, 1.82) is 0 Å². The Labute approximate surface area is 168 Å². The maximum absolute atomic E-state index is 4.80. The second-order valence-electron chi connectivity index (χ2n) is 7.00. The Hall–Kier alpha value is -0.900. The van der Waals surface area contributed by atoms with Crippen LogP contribution in [0, 0.1) is 12.8 Å². The lowest BCUT2D eigenvalue weighted by molar-refractivity contribution is 0.281. The fourth-order valence-electron chi connectivity index (χ4n) is 3.66. The Bertz CT molecular complexity index is 565. The van der Waals surface area contributed by atoms with Crippen LogP contribution >= 0.6 is 24.0 Å². The number of nitrogens with zero attached hydrogens (tertiary/aromatic N) is 6. The van der Waals surface area contributed by atoms with Gasteiger partial charge < -0.3 is 19.7 Å². The molecule has 0 saturated carbocycles. The molecule has 142 valence electrons. The average molecular weight is 461 g/mol. The predicted octanol–water partition coefficient (Wildman–Crippen LogP) is 1.62. The second kappa shape index (κ2) is 9.70. The number of hydrogen-bond acceptors (Lipinski definition) is 4. The van der Waals surface area contributed by atoms with E-state index < -0.39 is 0 Å². The minimum absolute atomic E-state index is 0. The SMILES string of the molecule is CCNC(=NCc1nnc(C)n1C)N1CCC(CN2CCCC2)C1.I. The van der Waals surface area contributed by atoms with Crippen LogP contribution in [0.4, 0.5) is 0 Å². The summed E-state index contributed by atoms with van der Waals surface area (Å²) in [6.45, 7) is 11.6. The van der Waals surface area contributed by atoms with E-state index >= 15 is 0 Å². The number of aromatic nitrogens is 3. The zero-order chi connectivity index (χ0) is 16.9. The molecule has 1 aromatic rings. The number of aryl methyl sites for hydroxylation is 1. The third-order valence-corrected chi connectivity index (χ3v) is 5.19. The summed E-state index contributed by atoms with van der Waals surface area (Å²) in [4.78, 5) is 9.84. The van der Waals surface area contributed by atoms with Gasteiger partial charge in [-0.2, -0.15) is 0 Å². The molecule has 0 bridgehead atoms. The molecule has 25 heavy (non-hydrogen) atoms. The van der Waals surface area contributed by atoms with Crippen LogP contribution in [0.3, 0.4) is 0 Å². The minimum Gasteiger partial charge on any atom is -0.357 e. The van der Waals surface area contributed by atoms with Crippen LogP contribution < -0.4 is 5.32 Å². The molecule has 1 atom stereocenters. The van der Waals surface area contributed by atoms with E-state index in [2.05, 4.69) is 32.2 Å². The van der Waals surface area contributed by atoms with Crippen molar-refractivity contribution in [3.8, 4) is 0 Å². The highest BCUT2D eigenvalue weighted by atomic mass is 127. The maximum atomic E-state index is 4.80. The Kier molecular flexibility index (Phi) is 7.92. The first-order chi connectivity index (χ1) is 11.7. The van der Waals surface area contributed by atoms with E-state index in [0.29, 0.717) is 6.54 Å². The summed E-state index contributed by atoms with van der Waals surface area (Å²) in [7, 11) is 2.00. The summed E-state index contributed by atoms with van der Waals surface area (Å²) in [5.74, 6) is 3.62. The summed E-state index contributed by atoms with van der Waals surface area (Å²) in [5.41, 5.74) is 0.